The molecule has 0 aliphatic carbocycles. The Hall–Kier alpha value is -3.39. The molecule has 0 bridgehead atoms. The van der Waals surface area contributed by atoms with E-state index in [4.69, 9.17) is 9.84 Å². The molecule has 2 aromatic carbocycles. The lowest BCUT2D eigenvalue weighted by Gasteiger charge is -2.18. The molecule has 2 rings (SSSR count). The summed E-state index contributed by atoms with van der Waals surface area (Å²) in [5.41, 5.74) is 3.64. The van der Waals surface area contributed by atoms with Crippen LogP contribution >= 0.6 is 0 Å². The zero-order valence-corrected chi connectivity index (χ0v) is 14.5. The first-order valence-corrected chi connectivity index (χ1v) is 8.19. The van der Waals surface area contributed by atoms with Gasteiger partial charge in [0.25, 0.3) is 5.91 Å². The number of carboxylic acid groups (broad SMARTS) is 1. The van der Waals surface area contributed by atoms with Crippen LogP contribution in [0.1, 0.15) is 11.1 Å². The number of amides is 2. The molecule has 0 spiro atoms. The number of benzene rings is 2. The number of alkyl carbamates (subject to hydrolysis) is 1. The molecule has 1 atom stereocenters. The van der Waals surface area contributed by atoms with E-state index in [2.05, 4.69) is 10.2 Å². The van der Waals surface area contributed by atoms with E-state index in [-0.39, 0.29) is 13.0 Å². The van der Waals surface area contributed by atoms with Crippen LogP contribution in [0.2, 0.25) is 0 Å². The number of carbonyl (C=O) groups excluding carboxylic acids is 2. The van der Waals surface area contributed by atoms with E-state index in [9.17, 15) is 14.4 Å². The molecule has 0 heterocycles. The lowest BCUT2D eigenvalue weighted by molar-refractivity contribution is -0.150. The lowest BCUT2D eigenvalue weighted by atomic mass is 10.1. The van der Waals surface area contributed by atoms with Crippen LogP contribution < -0.4 is 10.8 Å². The molecule has 2 amide bonds. The van der Waals surface area contributed by atoms with Crippen molar-refractivity contribution in [1.82, 2.24) is 10.8 Å². The van der Waals surface area contributed by atoms with E-state index in [1.807, 2.05) is 29.7 Å². The Morgan fingerprint density at radius 1 is 0.926 bits per heavy atom. The molecule has 142 valence electrons. The first kappa shape index (κ1) is 19.9. The van der Waals surface area contributed by atoms with Crippen molar-refractivity contribution in [2.45, 2.75) is 19.1 Å². The van der Waals surface area contributed by atoms with Gasteiger partial charge in [-0.15, -0.1) is 0 Å². The van der Waals surface area contributed by atoms with Gasteiger partial charge in [0.15, 0.2) is 6.61 Å². The van der Waals surface area contributed by atoms with Gasteiger partial charge >= 0.3 is 12.1 Å². The summed E-state index contributed by atoms with van der Waals surface area (Å²) >= 11 is 0. The van der Waals surface area contributed by atoms with Crippen LogP contribution in [-0.2, 0) is 32.2 Å². The fourth-order valence-electron chi connectivity index (χ4n) is 2.21. The van der Waals surface area contributed by atoms with Crippen molar-refractivity contribution in [2.24, 2.45) is 0 Å². The lowest BCUT2D eigenvalue weighted by Crippen LogP contribution is -2.48. The summed E-state index contributed by atoms with van der Waals surface area (Å²) < 4.78 is 5.12. The summed E-state index contributed by atoms with van der Waals surface area (Å²) in [7, 11) is 0. The molecular weight excluding hydrogens is 352 g/mol. The predicted molar refractivity (Wildman–Crippen MR) is 95.4 cm³/mol. The fraction of sp³-hybridized carbons (Fsp3) is 0.211. The second-order valence-electron chi connectivity index (χ2n) is 5.60. The second kappa shape index (κ2) is 10.6. The van der Waals surface area contributed by atoms with Gasteiger partial charge in [0.2, 0.25) is 0 Å². The van der Waals surface area contributed by atoms with Crippen LogP contribution in [0.3, 0.4) is 0 Å². The number of hydroxylamine groups is 1. The first-order chi connectivity index (χ1) is 13.0. The Labute approximate surface area is 156 Å². The summed E-state index contributed by atoms with van der Waals surface area (Å²) in [6.45, 7) is -0.635. The first-order valence-electron chi connectivity index (χ1n) is 8.19. The molecule has 0 aliphatic heterocycles. The minimum Gasteiger partial charge on any atom is -0.479 e. The second-order valence-corrected chi connectivity index (χ2v) is 5.60. The number of hydrogen-bond acceptors (Lipinski definition) is 5. The van der Waals surface area contributed by atoms with Crippen molar-refractivity contribution in [2.75, 3.05) is 6.61 Å². The van der Waals surface area contributed by atoms with Crippen LogP contribution in [-0.4, -0.2) is 35.7 Å². The normalized spacial score (nSPS) is 11.3. The van der Waals surface area contributed by atoms with E-state index in [0.717, 1.165) is 11.1 Å². The molecule has 0 saturated heterocycles. The number of rotatable bonds is 9. The van der Waals surface area contributed by atoms with Gasteiger partial charge in [-0.1, -0.05) is 60.7 Å². The summed E-state index contributed by atoms with van der Waals surface area (Å²) in [4.78, 5) is 39.4. The Morgan fingerprint density at radius 3 is 2.11 bits per heavy atom. The monoisotopic (exact) mass is 372 g/mol. The summed E-state index contributed by atoms with van der Waals surface area (Å²) in [5, 5.41) is 11.0. The maximum Gasteiger partial charge on any atom is 0.408 e. The zero-order chi connectivity index (χ0) is 19.5. The van der Waals surface area contributed by atoms with Crippen LogP contribution in [0, 0.1) is 0 Å². The molecular formula is C19H20N2O6. The molecule has 8 heteroatoms. The van der Waals surface area contributed by atoms with Gasteiger partial charge in [0.1, 0.15) is 12.6 Å². The molecule has 0 fully saturated rings. The Morgan fingerprint density at radius 2 is 1.52 bits per heavy atom. The van der Waals surface area contributed by atoms with Gasteiger partial charge in [-0.3, -0.25) is 9.63 Å². The third kappa shape index (κ3) is 7.57. The van der Waals surface area contributed by atoms with E-state index in [1.165, 1.54) is 0 Å². The van der Waals surface area contributed by atoms with E-state index >= 15 is 0 Å². The molecule has 2 aromatic rings. The van der Waals surface area contributed by atoms with Crippen molar-refractivity contribution in [3.63, 3.8) is 0 Å². The summed E-state index contributed by atoms with van der Waals surface area (Å²) in [6, 6.07) is 17.1. The Balaban J connectivity index is 1.94. The average Bonchev–Trinajstić information content (AvgIpc) is 2.67. The number of carboxylic acids is 1. The van der Waals surface area contributed by atoms with Crippen LogP contribution in [0.5, 0.6) is 0 Å². The van der Waals surface area contributed by atoms with E-state index in [0.29, 0.717) is 0 Å². The van der Waals surface area contributed by atoms with Gasteiger partial charge in [-0.25, -0.2) is 15.1 Å². The van der Waals surface area contributed by atoms with Gasteiger partial charge < -0.3 is 15.2 Å². The number of carbonyl (C=O) groups is 3. The predicted octanol–water partition coefficient (Wildman–Crippen LogP) is 1.66. The topological polar surface area (TPSA) is 114 Å². The Bertz CT molecular complexity index is 751. The highest BCUT2D eigenvalue weighted by Crippen LogP contribution is 2.05. The van der Waals surface area contributed by atoms with Crippen molar-refractivity contribution in [1.29, 1.82) is 0 Å². The standard InChI is InChI=1S/C19H20N2O6/c22-17(23)13-27-21-18(24)16(11-14-7-3-1-4-8-14)20-19(25)26-12-15-9-5-2-6-10-15/h1-10,16H,11-13H2,(H,20,25)(H,21,24)(H,22,23). The van der Waals surface area contributed by atoms with Gasteiger partial charge in [-0.2, -0.15) is 0 Å². The van der Waals surface area contributed by atoms with E-state index in [1.54, 1.807) is 36.4 Å². The van der Waals surface area contributed by atoms with Crippen LogP contribution in [0.25, 0.3) is 0 Å². The fourth-order valence-corrected chi connectivity index (χ4v) is 2.21. The summed E-state index contributed by atoms with van der Waals surface area (Å²) in [5.74, 6) is -1.91. The Kier molecular flexibility index (Phi) is 7.80. The van der Waals surface area contributed by atoms with Crippen LogP contribution in [0.15, 0.2) is 60.7 Å². The van der Waals surface area contributed by atoms with Crippen molar-refractivity contribution in [3.05, 3.63) is 71.8 Å². The third-order valence-corrected chi connectivity index (χ3v) is 3.47. The molecule has 0 radical (unpaired) electrons. The molecule has 8 nitrogen and oxygen atoms in total. The molecule has 0 aromatic heterocycles. The molecule has 0 aliphatic rings. The highest BCUT2D eigenvalue weighted by Gasteiger charge is 2.22. The third-order valence-electron chi connectivity index (χ3n) is 3.47. The maximum atomic E-state index is 12.2. The smallest absolute Gasteiger partial charge is 0.408 e. The molecule has 1 unspecified atom stereocenters. The highest BCUT2D eigenvalue weighted by molar-refractivity contribution is 5.85. The largest absolute Gasteiger partial charge is 0.479 e. The average molecular weight is 372 g/mol. The van der Waals surface area contributed by atoms with Crippen LogP contribution in [0.4, 0.5) is 4.79 Å². The SMILES string of the molecule is O=C(O)CONC(=O)C(Cc1ccccc1)NC(=O)OCc1ccccc1. The highest BCUT2D eigenvalue weighted by atomic mass is 16.7. The van der Waals surface area contributed by atoms with E-state index < -0.39 is 30.6 Å². The molecule has 27 heavy (non-hydrogen) atoms. The maximum absolute atomic E-state index is 12.2. The van der Waals surface area contributed by atoms with Gasteiger partial charge in [0, 0.05) is 6.42 Å². The van der Waals surface area contributed by atoms with Gasteiger partial charge in [0.05, 0.1) is 0 Å². The summed E-state index contributed by atoms with van der Waals surface area (Å²) in [6.07, 6.45) is -0.586. The number of hydrogen-bond donors (Lipinski definition) is 3. The van der Waals surface area contributed by atoms with Crippen molar-refractivity contribution >= 4 is 18.0 Å². The zero-order valence-electron chi connectivity index (χ0n) is 14.5. The number of ether oxygens (including phenoxy) is 1. The quantitative estimate of drug-likeness (QED) is 0.577. The van der Waals surface area contributed by atoms with Crippen molar-refractivity contribution < 1.29 is 29.1 Å². The minimum absolute atomic E-state index is 0.0574. The van der Waals surface area contributed by atoms with Gasteiger partial charge in [-0.05, 0) is 11.1 Å². The minimum atomic E-state index is -1.23. The number of aliphatic carboxylic acids is 1. The number of nitrogens with one attached hydrogen (secondary N) is 2. The molecule has 0 saturated carbocycles. The van der Waals surface area contributed by atoms with Crippen molar-refractivity contribution in [3.8, 4) is 0 Å². The molecule has 3 N–H and O–H groups in total.